The van der Waals surface area contributed by atoms with Gasteiger partial charge in [0.25, 0.3) is 0 Å². The van der Waals surface area contributed by atoms with Gasteiger partial charge in [0.05, 0.1) is 5.69 Å². The predicted octanol–water partition coefficient (Wildman–Crippen LogP) is 3.66. The number of fused-ring (bicyclic) bond motifs is 1. The van der Waals surface area contributed by atoms with E-state index in [0.29, 0.717) is 5.41 Å². The molecule has 2 aliphatic rings. The molecule has 1 aromatic rings. The van der Waals surface area contributed by atoms with Crippen molar-refractivity contribution in [3.05, 3.63) is 10.6 Å². The summed E-state index contributed by atoms with van der Waals surface area (Å²) in [6, 6.07) is 0. The van der Waals surface area contributed by atoms with Crippen LogP contribution in [0.4, 0.5) is 5.13 Å². The molecule has 1 aromatic heterocycles. The number of carboxylic acids is 1. The average molecular weight is 308 g/mol. The van der Waals surface area contributed by atoms with Crippen LogP contribution in [0.1, 0.15) is 62.4 Å². The zero-order valence-corrected chi connectivity index (χ0v) is 13.7. The van der Waals surface area contributed by atoms with E-state index in [1.807, 2.05) is 0 Å². The SMILES string of the molecule is CCC1(CC)CCN(c2nc3c(s2)CCCC3C(=O)O)C1. The maximum absolute atomic E-state index is 11.4. The highest BCUT2D eigenvalue weighted by Gasteiger charge is 2.37. The van der Waals surface area contributed by atoms with Gasteiger partial charge in [-0.15, -0.1) is 11.3 Å². The fourth-order valence-electron chi connectivity index (χ4n) is 3.71. The minimum absolute atomic E-state index is 0.386. The second kappa shape index (κ2) is 5.59. The lowest BCUT2D eigenvalue weighted by molar-refractivity contribution is -0.139. The normalized spacial score (nSPS) is 24.1. The van der Waals surface area contributed by atoms with Crippen molar-refractivity contribution in [2.24, 2.45) is 5.41 Å². The summed E-state index contributed by atoms with van der Waals surface area (Å²) >= 11 is 1.73. The first-order valence-corrected chi connectivity index (χ1v) is 8.87. The van der Waals surface area contributed by atoms with Crippen LogP contribution in [0.2, 0.25) is 0 Å². The first-order chi connectivity index (χ1) is 10.1. The summed E-state index contributed by atoms with van der Waals surface area (Å²) in [5, 5.41) is 10.4. The van der Waals surface area contributed by atoms with E-state index in [9.17, 15) is 9.90 Å². The summed E-state index contributed by atoms with van der Waals surface area (Å²) in [6.07, 6.45) is 6.36. The van der Waals surface area contributed by atoms with Crippen molar-refractivity contribution in [3.63, 3.8) is 0 Å². The third kappa shape index (κ3) is 2.56. The first-order valence-electron chi connectivity index (χ1n) is 8.06. The monoisotopic (exact) mass is 308 g/mol. The Bertz CT molecular complexity index is 536. The number of hydrogen-bond donors (Lipinski definition) is 1. The molecule has 0 saturated carbocycles. The lowest BCUT2D eigenvalue weighted by atomic mass is 9.82. The average Bonchev–Trinajstić information content (AvgIpc) is 3.10. The molecule has 0 spiro atoms. The summed E-state index contributed by atoms with van der Waals surface area (Å²) in [6.45, 7) is 6.69. The van der Waals surface area contributed by atoms with Crippen molar-refractivity contribution in [2.45, 2.75) is 58.3 Å². The topological polar surface area (TPSA) is 53.4 Å². The molecule has 1 fully saturated rings. The van der Waals surface area contributed by atoms with Crippen LogP contribution in [0, 0.1) is 5.41 Å². The van der Waals surface area contributed by atoms with E-state index < -0.39 is 5.97 Å². The molecule has 1 unspecified atom stereocenters. The lowest BCUT2D eigenvalue weighted by Crippen LogP contribution is -2.26. The largest absolute Gasteiger partial charge is 0.481 e. The van der Waals surface area contributed by atoms with Crippen molar-refractivity contribution in [1.29, 1.82) is 0 Å². The molecule has 1 saturated heterocycles. The molecule has 2 heterocycles. The molecule has 21 heavy (non-hydrogen) atoms. The number of aryl methyl sites for hydroxylation is 1. The van der Waals surface area contributed by atoms with E-state index in [-0.39, 0.29) is 5.92 Å². The molecule has 0 amide bonds. The maximum atomic E-state index is 11.4. The predicted molar refractivity (Wildman–Crippen MR) is 85.3 cm³/mol. The minimum Gasteiger partial charge on any atom is -0.481 e. The van der Waals surface area contributed by atoms with Gasteiger partial charge in [0, 0.05) is 18.0 Å². The molecule has 1 N–H and O–H groups in total. The van der Waals surface area contributed by atoms with Gasteiger partial charge in [0.2, 0.25) is 0 Å². The highest BCUT2D eigenvalue weighted by Crippen LogP contribution is 2.43. The van der Waals surface area contributed by atoms with Crippen LogP contribution in [0.25, 0.3) is 0 Å². The highest BCUT2D eigenvalue weighted by molar-refractivity contribution is 7.15. The molecule has 3 rings (SSSR count). The van der Waals surface area contributed by atoms with Gasteiger partial charge >= 0.3 is 5.97 Å². The van der Waals surface area contributed by atoms with Crippen molar-refractivity contribution < 1.29 is 9.90 Å². The Morgan fingerprint density at radius 1 is 1.48 bits per heavy atom. The Morgan fingerprint density at radius 2 is 2.24 bits per heavy atom. The third-order valence-electron chi connectivity index (χ3n) is 5.45. The van der Waals surface area contributed by atoms with Crippen LogP contribution in [0.15, 0.2) is 0 Å². The van der Waals surface area contributed by atoms with E-state index in [1.54, 1.807) is 11.3 Å². The van der Waals surface area contributed by atoms with Crippen LogP contribution in [0.5, 0.6) is 0 Å². The maximum Gasteiger partial charge on any atom is 0.312 e. The Morgan fingerprint density at radius 3 is 2.86 bits per heavy atom. The van der Waals surface area contributed by atoms with Crippen LogP contribution in [-0.2, 0) is 11.2 Å². The van der Waals surface area contributed by atoms with E-state index in [0.717, 1.165) is 43.2 Å². The fourth-order valence-corrected chi connectivity index (χ4v) is 4.89. The Labute approximate surface area is 130 Å². The molecule has 0 aromatic carbocycles. The van der Waals surface area contributed by atoms with Gasteiger partial charge in [-0.05, 0) is 43.9 Å². The number of carboxylic acid groups (broad SMARTS) is 1. The second-order valence-electron chi connectivity index (χ2n) is 6.47. The Hall–Kier alpha value is -1.10. The van der Waals surface area contributed by atoms with Gasteiger partial charge in [-0.1, -0.05) is 13.8 Å². The molecule has 1 atom stereocenters. The minimum atomic E-state index is -0.717. The smallest absolute Gasteiger partial charge is 0.312 e. The fraction of sp³-hybridized carbons (Fsp3) is 0.750. The van der Waals surface area contributed by atoms with Gasteiger partial charge < -0.3 is 10.0 Å². The van der Waals surface area contributed by atoms with Crippen molar-refractivity contribution in [1.82, 2.24) is 4.98 Å². The molecular formula is C16H24N2O2S. The number of nitrogens with zero attached hydrogens (tertiary/aromatic N) is 2. The third-order valence-corrected chi connectivity index (χ3v) is 6.64. The lowest BCUT2D eigenvalue weighted by Gasteiger charge is -2.26. The van der Waals surface area contributed by atoms with E-state index in [1.165, 1.54) is 24.1 Å². The Kier molecular flexibility index (Phi) is 3.95. The number of thiazole rings is 1. The van der Waals surface area contributed by atoms with Crippen molar-refractivity contribution >= 4 is 22.4 Å². The highest BCUT2D eigenvalue weighted by atomic mass is 32.1. The summed E-state index contributed by atoms with van der Waals surface area (Å²) in [4.78, 5) is 19.7. The molecule has 1 aliphatic heterocycles. The quantitative estimate of drug-likeness (QED) is 0.922. The summed E-state index contributed by atoms with van der Waals surface area (Å²) in [5.41, 5.74) is 1.28. The summed E-state index contributed by atoms with van der Waals surface area (Å²) < 4.78 is 0. The molecule has 0 radical (unpaired) electrons. The number of aromatic nitrogens is 1. The number of carbonyl (C=O) groups is 1. The first kappa shape index (κ1) is 14.8. The van der Waals surface area contributed by atoms with Crippen LogP contribution in [0.3, 0.4) is 0 Å². The zero-order chi connectivity index (χ0) is 15.0. The zero-order valence-electron chi connectivity index (χ0n) is 12.9. The molecular weight excluding hydrogens is 284 g/mol. The standard InChI is InChI=1S/C16H24N2O2S/c1-3-16(4-2)8-9-18(10-16)15-17-13-11(14(19)20)6-5-7-12(13)21-15/h11H,3-10H2,1-2H3,(H,19,20). The van der Waals surface area contributed by atoms with E-state index in [2.05, 4.69) is 18.7 Å². The number of anilines is 1. The summed E-state index contributed by atoms with van der Waals surface area (Å²) in [5.74, 6) is -1.10. The summed E-state index contributed by atoms with van der Waals surface area (Å²) in [7, 11) is 0. The second-order valence-corrected chi connectivity index (χ2v) is 7.53. The van der Waals surface area contributed by atoms with Gasteiger partial charge in [0.1, 0.15) is 5.92 Å². The van der Waals surface area contributed by atoms with E-state index in [4.69, 9.17) is 4.98 Å². The van der Waals surface area contributed by atoms with Crippen LogP contribution < -0.4 is 4.90 Å². The van der Waals surface area contributed by atoms with Crippen molar-refractivity contribution in [2.75, 3.05) is 18.0 Å². The molecule has 116 valence electrons. The Balaban J connectivity index is 1.84. The van der Waals surface area contributed by atoms with Gasteiger partial charge in [-0.2, -0.15) is 0 Å². The molecule has 5 heteroatoms. The van der Waals surface area contributed by atoms with Gasteiger partial charge in [-0.3, -0.25) is 4.79 Å². The number of hydrogen-bond acceptors (Lipinski definition) is 4. The van der Waals surface area contributed by atoms with Gasteiger partial charge in [0.15, 0.2) is 5.13 Å². The van der Waals surface area contributed by atoms with E-state index >= 15 is 0 Å². The number of rotatable bonds is 4. The molecule has 4 nitrogen and oxygen atoms in total. The molecule has 0 bridgehead atoms. The number of aliphatic carboxylic acids is 1. The van der Waals surface area contributed by atoms with Crippen LogP contribution >= 0.6 is 11.3 Å². The van der Waals surface area contributed by atoms with Gasteiger partial charge in [-0.25, -0.2) is 4.98 Å². The van der Waals surface area contributed by atoms with Crippen molar-refractivity contribution in [3.8, 4) is 0 Å². The molecule has 1 aliphatic carbocycles. The van der Waals surface area contributed by atoms with Crippen LogP contribution in [-0.4, -0.2) is 29.1 Å².